The second kappa shape index (κ2) is 5.64. The van der Waals surface area contributed by atoms with Crippen LogP contribution in [0.4, 0.5) is 5.82 Å². The molecule has 0 spiro atoms. The van der Waals surface area contributed by atoms with Crippen LogP contribution in [-0.4, -0.2) is 26.6 Å². The number of ether oxygens (including phenoxy) is 1. The fourth-order valence-electron chi connectivity index (χ4n) is 6.13. The van der Waals surface area contributed by atoms with E-state index in [0.29, 0.717) is 29.9 Å². The summed E-state index contributed by atoms with van der Waals surface area (Å²) in [6.45, 7) is 4.09. The van der Waals surface area contributed by atoms with Crippen molar-refractivity contribution in [2.75, 3.05) is 5.73 Å². The normalized spacial score (nSPS) is 34.3. The summed E-state index contributed by atoms with van der Waals surface area (Å²) < 4.78 is 5.67. The van der Waals surface area contributed by atoms with Gasteiger partial charge in [0.1, 0.15) is 10.6 Å². The number of hydrogen-bond donors (Lipinski definition) is 2. The average molecular weight is 388 g/mol. The summed E-state index contributed by atoms with van der Waals surface area (Å²) in [7, 11) is 0. The first-order chi connectivity index (χ1) is 12.8. The Morgan fingerprint density at radius 2 is 1.96 bits per heavy atom. The monoisotopic (exact) mass is 387 g/mol. The molecule has 0 amide bonds. The first kappa shape index (κ1) is 17.4. The Hall–Kier alpha value is -1.73. The molecule has 0 unspecified atom stereocenters. The van der Waals surface area contributed by atoms with Crippen molar-refractivity contribution in [3.05, 3.63) is 16.3 Å². The van der Waals surface area contributed by atoms with Crippen molar-refractivity contribution in [3.8, 4) is 0 Å². The molecule has 3 N–H and O–H groups in total. The summed E-state index contributed by atoms with van der Waals surface area (Å²) in [6, 6.07) is 0. The number of carbonyl (C=O) groups excluding carboxylic acids is 1. The maximum Gasteiger partial charge on any atom is 0.312 e. The first-order valence-corrected chi connectivity index (χ1v) is 10.5. The topological polar surface area (TPSA) is 98.3 Å². The van der Waals surface area contributed by atoms with Crippen LogP contribution >= 0.6 is 11.3 Å². The summed E-state index contributed by atoms with van der Waals surface area (Å²) in [5.74, 6) is 1.58. The minimum Gasteiger partial charge on any atom is -0.457 e. The van der Waals surface area contributed by atoms with Crippen LogP contribution in [0.2, 0.25) is 0 Å². The number of esters is 1. The van der Waals surface area contributed by atoms with E-state index >= 15 is 0 Å². The van der Waals surface area contributed by atoms with E-state index in [4.69, 9.17) is 10.5 Å². The average Bonchev–Trinajstić information content (AvgIpc) is 2.85. The van der Waals surface area contributed by atoms with Crippen molar-refractivity contribution in [3.63, 3.8) is 0 Å². The number of fused-ring (bicyclic) bond motifs is 1. The van der Waals surface area contributed by atoms with Crippen LogP contribution in [0.5, 0.6) is 0 Å². The summed E-state index contributed by atoms with van der Waals surface area (Å²) >= 11 is 1.58. The molecule has 2 heterocycles. The van der Waals surface area contributed by atoms with Gasteiger partial charge in [-0.15, -0.1) is 11.3 Å². The number of thiophene rings is 1. The molecule has 7 heteroatoms. The minimum atomic E-state index is -0.672. The number of hydrogen-bond acceptors (Lipinski definition) is 7. The highest BCUT2D eigenvalue weighted by atomic mass is 32.1. The zero-order valence-corrected chi connectivity index (χ0v) is 16.6. The van der Waals surface area contributed by atoms with Gasteiger partial charge in [0.05, 0.1) is 16.4 Å². The maximum atomic E-state index is 13.0. The summed E-state index contributed by atoms with van der Waals surface area (Å²) in [5, 5.41) is 11.7. The molecule has 4 aliphatic carbocycles. The van der Waals surface area contributed by atoms with E-state index < -0.39 is 11.0 Å². The van der Waals surface area contributed by atoms with Crippen molar-refractivity contribution < 1.29 is 14.6 Å². The Kier molecular flexibility index (Phi) is 3.63. The third-order valence-electron chi connectivity index (χ3n) is 6.90. The van der Waals surface area contributed by atoms with Gasteiger partial charge in [0.25, 0.3) is 0 Å². The molecule has 4 saturated carbocycles. The number of carbonyl (C=O) groups is 1. The highest BCUT2D eigenvalue weighted by molar-refractivity contribution is 7.18. The zero-order valence-electron chi connectivity index (χ0n) is 15.7. The van der Waals surface area contributed by atoms with Gasteiger partial charge in [-0.3, -0.25) is 4.79 Å². The number of nitrogens with zero attached hydrogens (tertiary/aromatic N) is 2. The van der Waals surface area contributed by atoms with Crippen LogP contribution in [0, 0.1) is 31.1 Å². The van der Waals surface area contributed by atoms with E-state index in [2.05, 4.69) is 9.97 Å². The van der Waals surface area contributed by atoms with Crippen molar-refractivity contribution in [1.29, 1.82) is 0 Å². The lowest BCUT2D eigenvalue weighted by Gasteiger charge is -2.58. The summed E-state index contributed by atoms with van der Waals surface area (Å²) in [6.07, 6.45) is 5.05. The fourth-order valence-corrected chi connectivity index (χ4v) is 7.18. The smallest absolute Gasteiger partial charge is 0.312 e. The number of anilines is 1. The van der Waals surface area contributed by atoms with Gasteiger partial charge in [0.15, 0.2) is 12.4 Å². The van der Waals surface area contributed by atoms with Crippen molar-refractivity contribution in [2.45, 2.75) is 64.6 Å². The van der Waals surface area contributed by atoms with Crippen LogP contribution in [0.15, 0.2) is 0 Å². The molecular weight excluding hydrogens is 362 g/mol. The Balaban J connectivity index is 1.36. The van der Waals surface area contributed by atoms with Crippen LogP contribution in [0.1, 0.15) is 54.8 Å². The van der Waals surface area contributed by atoms with Gasteiger partial charge >= 0.3 is 5.97 Å². The SMILES string of the molecule is Cc1sc2nc(COC(=O)C34C[C@H]5C[C@@H](CC(O)(C5)C3)C4)nc(N)c2c1C. The van der Waals surface area contributed by atoms with Gasteiger partial charge in [-0.25, -0.2) is 9.97 Å². The van der Waals surface area contributed by atoms with Gasteiger partial charge in [-0.2, -0.15) is 0 Å². The Morgan fingerprint density at radius 1 is 1.26 bits per heavy atom. The lowest BCUT2D eigenvalue weighted by molar-refractivity contribution is -0.197. The highest BCUT2D eigenvalue weighted by Crippen LogP contribution is 2.62. The highest BCUT2D eigenvalue weighted by Gasteiger charge is 2.60. The molecule has 6 rings (SSSR count). The van der Waals surface area contributed by atoms with Crippen molar-refractivity contribution in [2.24, 2.45) is 17.3 Å². The van der Waals surface area contributed by atoms with Gasteiger partial charge in [-0.1, -0.05) is 0 Å². The van der Waals surface area contributed by atoms with E-state index in [1.54, 1.807) is 11.3 Å². The summed E-state index contributed by atoms with van der Waals surface area (Å²) in [4.78, 5) is 23.9. The first-order valence-electron chi connectivity index (χ1n) is 9.69. The predicted molar refractivity (Wildman–Crippen MR) is 103 cm³/mol. The van der Waals surface area contributed by atoms with E-state index in [0.717, 1.165) is 47.9 Å². The fraction of sp³-hybridized carbons (Fsp3) is 0.650. The standard InChI is InChI=1S/C20H25N3O3S/c1-10-11(2)27-17-15(10)16(21)22-14(23-17)8-26-18(24)19-4-12-3-13(5-19)7-20(25,6-12)9-19/h12-13,25H,3-9H2,1-2H3,(H2,21,22,23)/t12-,13-,19?,20?/m1/s1. The molecule has 0 aromatic carbocycles. The van der Waals surface area contributed by atoms with Crippen molar-refractivity contribution in [1.82, 2.24) is 9.97 Å². The second-order valence-corrected chi connectivity index (χ2v) is 10.2. The Bertz CT molecular complexity index is 940. The van der Waals surface area contributed by atoms with E-state index in [1.807, 2.05) is 13.8 Å². The third kappa shape index (κ3) is 2.66. The predicted octanol–water partition coefficient (Wildman–Crippen LogP) is 3.26. The molecule has 2 aromatic heterocycles. The van der Waals surface area contributed by atoms with Crippen LogP contribution in [-0.2, 0) is 16.1 Å². The molecule has 144 valence electrons. The number of aliphatic hydroxyl groups is 1. The van der Waals surface area contributed by atoms with Gasteiger partial charge < -0.3 is 15.6 Å². The van der Waals surface area contributed by atoms with Crippen molar-refractivity contribution >= 4 is 33.3 Å². The Labute approximate surface area is 162 Å². The molecule has 2 atom stereocenters. The largest absolute Gasteiger partial charge is 0.457 e. The van der Waals surface area contributed by atoms with E-state index in [1.165, 1.54) is 4.88 Å². The number of nitrogens with two attached hydrogens (primary N) is 1. The number of aromatic nitrogens is 2. The zero-order chi connectivity index (χ0) is 19.0. The van der Waals surface area contributed by atoms with Gasteiger partial charge in [-0.05, 0) is 69.8 Å². The lowest BCUT2D eigenvalue weighted by Crippen LogP contribution is -2.58. The third-order valence-corrected chi connectivity index (χ3v) is 8.00. The van der Waals surface area contributed by atoms with Gasteiger partial charge in [0, 0.05) is 4.88 Å². The minimum absolute atomic E-state index is 0.0322. The van der Waals surface area contributed by atoms with E-state index in [-0.39, 0.29) is 12.6 Å². The Morgan fingerprint density at radius 3 is 2.63 bits per heavy atom. The lowest BCUT2D eigenvalue weighted by atomic mass is 9.48. The molecule has 27 heavy (non-hydrogen) atoms. The molecule has 0 saturated heterocycles. The summed E-state index contributed by atoms with van der Waals surface area (Å²) in [5.41, 5.74) is 6.04. The molecule has 0 radical (unpaired) electrons. The number of aryl methyl sites for hydroxylation is 2. The molecule has 4 fully saturated rings. The molecule has 4 bridgehead atoms. The molecule has 6 nitrogen and oxygen atoms in total. The van der Waals surface area contributed by atoms with Gasteiger partial charge in [0.2, 0.25) is 0 Å². The van der Waals surface area contributed by atoms with Crippen LogP contribution in [0.3, 0.4) is 0 Å². The van der Waals surface area contributed by atoms with Crippen LogP contribution in [0.25, 0.3) is 10.2 Å². The van der Waals surface area contributed by atoms with Crippen LogP contribution < -0.4 is 5.73 Å². The van der Waals surface area contributed by atoms with E-state index in [9.17, 15) is 9.90 Å². The molecule has 0 aliphatic heterocycles. The molecule has 4 aliphatic rings. The quantitative estimate of drug-likeness (QED) is 0.785. The number of rotatable bonds is 3. The molecule has 2 aromatic rings. The molecular formula is C20H25N3O3S. The number of nitrogen functional groups attached to an aromatic ring is 1. The second-order valence-electron chi connectivity index (χ2n) is 9.03. The maximum absolute atomic E-state index is 13.0.